The van der Waals surface area contributed by atoms with E-state index >= 15 is 0 Å². The van der Waals surface area contributed by atoms with Crippen LogP contribution in [0, 0.1) is 12.3 Å². The predicted molar refractivity (Wildman–Crippen MR) is 103 cm³/mol. The smallest absolute Gasteiger partial charge is 0.294 e. The van der Waals surface area contributed by atoms with Crippen LogP contribution in [0.15, 0.2) is 47.1 Å². The van der Waals surface area contributed by atoms with Crippen molar-refractivity contribution in [2.75, 3.05) is 6.54 Å². The van der Waals surface area contributed by atoms with Crippen molar-refractivity contribution in [3.63, 3.8) is 0 Å². The van der Waals surface area contributed by atoms with Crippen molar-refractivity contribution >= 4 is 27.5 Å². The van der Waals surface area contributed by atoms with E-state index in [1.54, 1.807) is 15.6 Å². The molecule has 3 aromatic rings. The summed E-state index contributed by atoms with van der Waals surface area (Å²) in [7, 11) is 0. The molecule has 0 aliphatic heterocycles. The molecular formula is C20H17BrN4O. The maximum atomic E-state index is 13.2. The fraction of sp³-hybridized carbons (Fsp3) is 0.250. The summed E-state index contributed by atoms with van der Waals surface area (Å²) in [4.78, 5) is 19.3. The van der Waals surface area contributed by atoms with Crippen molar-refractivity contribution in [2.45, 2.75) is 25.3 Å². The van der Waals surface area contributed by atoms with Gasteiger partial charge in [0, 0.05) is 6.20 Å². The second kappa shape index (κ2) is 6.93. The molecule has 26 heavy (non-hydrogen) atoms. The van der Waals surface area contributed by atoms with Gasteiger partial charge in [0.25, 0.3) is 5.91 Å². The van der Waals surface area contributed by atoms with Gasteiger partial charge in [0.2, 0.25) is 5.82 Å². The molecule has 2 aromatic heterocycles. The number of terminal acetylenes is 1. The Hall–Kier alpha value is -2.65. The van der Waals surface area contributed by atoms with E-state index in [1.807, 2.05) is 24.3 Å². The lowest BCUT2D eigenvalue weighted by Gasteiger charge is -2.34. The predicted octanol–water partition coefficient (Wildman–Crippen LogP) is 3.64. The van der Waals surface area contributed by atoms with Gasteiger partial charge < -0.3 is 4.90 Å². The van der Waals surface area contributed by atoms with Gasteiger partial charge >= 0.3 is 0 Å². The van der Waals surface area contributed by atoms with Gasteiger partial charge in [0.1, 0.15) is 0 Å². The van der Waals surface area contributed by atoms with Crippen LogP contribution in [0.1, 0.15) is 40.6 Å². The number of hydrogen-bond donors (Lipinski definition) is 0. The Balaban J connectivity index is 1.74. The molecule has 130 valence electrons. The fourth-order valence-electron chi connectivity index (χ4n) is 3.57. The number of hydrogen-bond acceptors (Lipinski definition) is 3. The minimum atomic E-state index is -0.236. The summed E-state index contributed by atoms with van der Waals surface area (Å²) in [5.74, 6) is 2.55. The van der Waals surface area contributed by atoms with Crippen LogP contribution in [0.3, 0.4) is 0 Å². The third-order valence-electron chi connectivity index (χ3n) is 4.74. The lowest BCUT2D eigenvalue weighted by atomic mass is 9.86. The monoisotopic (exact) mass is 408 g/mol. The molecule has 0 spiro atoms. The van der Waals surface area contributed by atoms with Gasteiger partial charge in [0.15, 0.2) is 5.65 Å². The number of aryl methyl sites for hydroxylation is 1. The number of amides is 1. The number of fused-ring (bicyclic) bond motifs is 2. The van der Waals surface area contributed by atoms with Gasteiger partial charge in [-0.2, -0.15) is 0 Å². The van der Waals surface area contributed by atoms with Gasteiger partial charge in [-0.05, 0) is 58.5 Å². The van der Waals surface area contributed by atoms with Crippen LogP contribution in [-0.4, -0.2) is 31.9 Å². The molecular weight excluding hydrogens is 392 g/mol. The van der Waals surface area contributed by atoms with Crippen LogP contribution >= 0.6 is 15.9 Å². The number of rotatable bonds is 3. The van der Waals surface area contributed by atoms with E-state index in [1.165, 1.54) is 11.1 Å². The number of carbonyl (C=O) groups is 1. The van der Waals surface area contributed by atoms with Gasteiger partial charge in [0.05, 0.1) is 17.1 Å². The minimum absolute atomic E-state index is 0.0430. The zero-order valence-electron chi connectivity index (χ0n) is 14.1. The maximum Gasteiger partial charge on any atom is 0.294 e. The number of carbonyl (C=O) groups excluding carboxylic acids is 1. The van der Waals surface area contributed by atoms with Crippen LogP contribution in [0.5, 0.6) is 0 Å². The van der Waals surface area contributed by atoms with E-state index in [0.29, 0.717) is 5.65 Å². The van der Waals surface area contributed by atoms with E-state index in [2.05, 4.69) is 44.1 Å². The number of benzene rings is 1. The zero-order valence-corrected chi connectivity index (χ0v) is 15.7. The molecule has 1 aliphatic rings. The molecule has 0 saturated heterocycles. The Morgan fingerprint density at radius 1 is 1.35 bits per heavy atom. The largest absolute Gasteiger partial charge is 0.318 e. The van der Waals surface area contributed by atoms with E-state index in [0.717, 1.165) is 23.7 Å². The first-order valence-corrected chi connectivity index (χ1v) is 9.31. The lowest BCUT2D eigenvalue weighted by Crippen LogP contribution is -2.37. The second-order valence-corrected chi connectivity index (χ2v) is 7.16. The summed E-state index contributed by atoms with van der Waals surface area (Å²) in [5, 5.41) is 4.34. The molecule has 0 N–H and O–H groups in total. The molecule has 1 aliphatic carbocycles. The highest BCUT2D eigenvalue weighted by atomic mass is 79.9. The highest BCUT2D eigenvalue weighted by Gasteiger charge is 2.31. The number of nitrogens with zero attached hydrogens (tertiary/aromatic N) is 4. The molecule has 5 nitrogen and oxygen atoms in total. The molecule has 4 rings (SSSR count). The van der Waals surface area contributed by atoms with Crippen LogP contribution in [0.25, 0.3) is 5.65 Å². The van der Waals surface area contributed by atoms with Crippen LogP contribution in [0.2, 0.25) is 0 Å². The Morgan fingerprint density at radius 2 is 2.19 bits per heavy atom. The Bertz CT molecular complexity index is 1020. The molecule has 0 radical (unpaired) electrons. The standard InChI is InChI=1S/C20H17BrN4O/c1-2-12-24(17-11-5-8-14-7-3-4-9-15(14)17)20(26)18-22-19-16(21)10-6-13-25(19)23-18/h1,3-4,6-7,9-10,13,17H,5,8,11-12H2. The molecule has 0 saturated carbocycles. The Labute approximate surface area is 160 Å². The first kappa shape index (κ1) is 16.8. The topological polar surface area (TPSA) is 50.5 Å². The molecule has 1 aromatic carbocycles. The number of halogens is 1. The van der Waals surface area contributed by atoms with Crippen LogP contribution in [0.4, 0.5) is 0 Å². The fourth-order valence-corrected chi connectivity index (χ4v) is 3.99. The van der Waals surface area contributed by atoms with Gasteiger partial charge in [-0.15, -0.1) is 11.5 Å². The molecule has 1 amide bonds. The van der Waals surface area contributed by atoms with Crippen molar-refractivity contribution < 1.29 is 4.79 Å². The third-order valence-corrected chi connectivity index (χ3v) is 5.36. The normalized spacial score (nSPS) is 16.1. The summed E-state index contributed by atoms with van der Waals surface area (Å²) in [6.07, 6.45) is 10.3. The van der Waals surface area contributed by atoms with Crippen molar-refractivity contribution in [3.8, 4) is 12.3 Å². The highest BCUT2D eigenvalue weighted by Crippen LogP contribution is 2.34. The van der Waals surface area contributed by atoms with Crippen molar-refractivity contribution in [3.05, 3.63) is 64.0 Å². The Kier molecular flexibility index (Phi) is 4.48. The molecule has 1 unspecified atom stereocenters. The second-order valence-electron chi connectivity index (χ2n) is 6.30. The third kappa shape index (κ3) is 2.89. The maximum absolute atomic E-state index is 13.2. The van der Waals surface area contributed by atoms with Gasteiger partial charge in [-0.1, -0.05) is 30.2 Å². The molecule has 0 bridgehead atoms. The van der Waals surface area contributed by atoms with Crippen LogP contribution in [-0.2, 0) is 6.42 Å². The van der Waals surface area contributed by atoms with E-state index in [9.17, 15) is 4.79 Å². The zero-order chi connectivity index (χ0) is 18.1. The van der Waals surface area contributed by atoms with Crippen molar-refractivity contribution in [2.24, 2.45) is 0 Å². The molecule has 2 heterocycles. The SMILES string of the molecule is C#CCN(C(=O)c1nc2c(Br)cccn2n1)C1CCCc2ccccc21. The Morgan fingerprint density at radius 3 is 3.00 bits per heavy atom. The molecule has 1 atom stereocenters. The summed E-state index contributed by atoms with van der Waals surface area (Å²) in [5.41, 5.74) is 3.07. The van der Waals surface area contributed by atoms with Crippen molar-refractivity contribution in [1.82, 2.24) is 19.5 Å². The summed E-state index contributed by atoms with van der Waals surface area (Å²) in [6, 6.07) is 11.9. The number of pyridine rings is 1. The van der Waals surface area contributed by atoms with E-state index in [-0.39, 0.29) is 24.3 Å². The van der Waals surface area contributed by atoms with Gasteiger partial charge in [-0.25, -0.2) is 9.50 Å². The summed E-state index contributed by atoms with van der Waals surface area (Å²) in [6.45, 7) is 0.231. The van der Waals surface area contributed by atoms with E-state index in [4.69, 9.17) is 6.42 Å². The minimum Gasteiger partial charge on any atom is -0.318 e. The summed E-state index contributed by atoms with van der Waals surface area (Å²) < 4.78 is 2.39. The van der Waals surface area contributed by atoms with Crippen LogP contribution < -0.4 is 0 Å². The highest BCUT2D eigenvalue weighted by molar-refractivity contribution is 9.10. The first-order chi connectivity index (χ1) is 12.7. The number of aromatic nitrogens is 3. The van der Waals surface area contributed by atoms with Crippen molar-refractivity contribution in [1.29, 1.82) is 0 Å². The van der Waals surface area contributed by atoms with Gasteiger partial charge in [-0.3, -0.25) is 4.79 Å². The molecule has 6 heteroatoms. The average molecular weight is 409 g/mol. The lowest BCUT2D eigenvalue weighted by molar-refractivity contribution is 0.0676. The first-order valence-electron chi connectivity index (χ1n) is 8.52. The molecule has 0 fully saturated rings. The quantitative estimate of drug-likeness (QED) is 0.621. The van der Waals surface area contributed by atoms with E-state index < -0.39 is 0 Å². The summed E-state index contributed by atoms with van der Waals surface area (Å²) >= 11 is 3.44. The average Bonchev–Trinajstić information content (AvgIpc) is 3.11.